The number of benzene rings is 2. The van der Waals surface area contributed by atoms with Crippen LogP contribution in [0.25, 0.3) is 11.1 Å². The minimum Gasteiger partial charge on any atom is -0.480 e. The zero-order valence-electron chi connectivity index (χ0n) is 18.1. The molecule has 0 saturated carbocycles. The third kappa shape index (κ3) is 5.85. The minimum atomic E-state index is -2.90. The number of alkyl carbamates (subject to hydrolysis) is 1. The first-order chi connectivity index (χ1) is 15.8. The zero-order chi connectivity index (χ0) is 24.0. The summed E-state index contributed by atoms with van der Waals surface area (Å²) in [6, 6.07) is 12.8. The normalized spacial score (nSPS) is 14.2. The van der Waals surface area contributed by atoms with Gasteiger partial charge in [0.1, 0.15) is 18.7 Å². The number of amides is 2. The quantitative estimate of drug-likeness (QED) is 0.499. The van der Waals surface area contributed by atoms with Crippen molar-refractivity contribution in [3.05, 3.63) is 59.7 Å². The number of carbonyl (C=O) groups is 3. The van der Waals surface area contributed by atoms with E-state index < -0.39 is 42.9 Å². The molecule has 0 heterocycles. The van der Waals surface area contributed by atoms with E-state index >= 15 is 0 Å². The Kier molecular flexibility index (Phi) is 7.97. The van der Waals surface area contributed by atoms with Gasteiger partial charge in [0.05, 0.1) is 0 Å². The molecule has 2 aromatic rings. The highest BCUT2D eigenvalue weighted by atomic mass is 19.3. The Morgan fingerprint density at radius 3 is 2.06 bits per heavy atom. The highest BCUT2D eigenvalue weighted by molar-refractivity contribution is 5.89. The first-order valence-electron chi connectivity index (χ1n) is 10.7. The first kappa shape index (κ1) is 24.2. The van der Waals surface area contributed by atoms with E-state index in [-0.39, 0.29) is 18.9 Å². The molecule has 176 valence electrons. The average molecular weight is 460 g/mol. The molecule has 1 aliphatic carbocycles. The number of alkyl halides is 2. The molecule has 7 nitrogen and oxygen atoms in total. The maximum absolute atomic E-state index is 12.6. The lowest BCUT2D eigenvalue weighted by Gasteiger charge is -2.21. The van der Waals surface area contributed by atoms with E-state index in [1.807, 2.05) is 48.5 Å². The van der Waals surface area contributed by atoms with Crippen LogP contribution in [0, 0.1) is 0 Å². The van der Waals surface area contributed by atoms with Gasteiger partial charge in [0.2, 0.25) is 12.3 Å². The van der Waals surface area contributed by atoms with Crippen molar-refractivity contribution < 1.29 is 33.0 Å². The standard InChI is InChI=1S/C24H26F2N2O5/c1-2-7-19(22(29)27-20(23(30)31)12-21(25)26)28-24(32)33-13-18-16-10-5-3-8-14(16)15-9-4-6-11-17(15)18/h3-6,8-11,18-21H,2,7,12-13H2,1H3,(H,27,29)(H,28,32)(H,30,31). The number of ether oxygens (including phenoxy) is 1. The van der Waals surface area contributed by atoms with Gasteiger partial charge in [-0.05, 0) is 28.7 Å². The Morgan fingerprint density at radius 2 is 1.55 bits per heavy atom. The van der Waals surface area contributed by atoms with Gasteiger partial charge >= 0.3 is 12.1 Å². The lowest BCUT2D eigenvalue weighted by Crippen LogP contribution is -2.52. The highest BCUT2D eigenvalue weighted by Gasteiger charge is 2.31. The smallest absolute Gasteiger partial charge is 0.407 e. The SMILES string of the molecule is CCCC(NC(=O)OCC1c2ccccc2-c2ccccc21)C(=O)NC(CC(F)F)C(=O)O. The third-order valence-corrected chi connectivity index (χ3v) is 5.56. The number of carbonyl (C=O) groups excluding carboxylic acids is 2. The van der Waals surface area contributed by atoms with Crippen molar-refractivity contribution in [1.82, 2.24) is 10.6 Å². The number of fused-ring (bicyclic) bond motifs is 3. The van der Waals surface area contributed by atoms with Crippen molar-refractivity contribution >= 4 is 18.0 Å². The molecular weight excluding hydrogens is 434 g/mol. The summed E-state index contributed by atoms with van der Waals surface area (Å²) < 4.78 is 30.6. The lowest BCUT2D eigenvalue weighted by molar-refractivity contribution is -0.143. The van der Waals surface area contributed by atoms with Gasteiger partial charge in [0.25, 0.3) is 0 Å². The molecule has 0 radical (unpaired) electrons. The largest absolute Gasteiger partial charge is 0.480 e. The Hall–Kier alpha value is -3.49. The van der Waals surface area contributed by atoms with Crippen LogP contribution in [0.4, 0.5) is 13.6 Å². The Bertz CT molecular complexity index is 968. The number of aliphatic carboxylic acids is 1. The van der Waals surface area contributed by atoms with Crippen LogP contribution in [0.5, 0.6) is 0 Å². The number of halogens is 2. The summed E-state index contributed by atoms with van der Waals surface area (Å²) in [5.74, 6) is -2.58. The van der Waals surface area contributed by atoms with Gasteiger partial charge in [-0.3, -0.25) is 4.79 Å². The van der Waals surface area contributed by atoms with Crippen LogP contribution in [0.2, 0.25) is 0 Å². The molecule has 0 spiro atoms. The maximum Gasteiger partial charge on any atom is 0.407 e. The van der Waals surface area contributed by atoms with Crippen LogP contribution in [0.15, 0.2) is 48.5 Å². The minimum absolute atomic E-state index is 0.0451. The summed E-state index contributed by atoms with van der Waals surface area (Å²) in [6.07, 6.45) is -4.08. The van der Waals surface area contributed by atoms with Gasteiger partial charge < -0.3 is 20.5 Å². The number of rotatable bonds is 10. The lowest BCUT2D eigenvalue weighted by atomic mass is 9.98. The number of carboxylic acids is 1. The Labute approximate surface area is 190 Å². The van der Waals surface area contributed by atoms with Crippen molar-refractivity contribution in [2.75, 3.05) is 6.61 Å². The molecule has 0 aromatic heterocycles. The van der Waals surface area contributed by atoms with Crippen LogP contribution in [-0.2, 0) is 14.3 Å². The predicted octanol–water partition coefficient (Wildman–Crippen LogP) is 3.92. The second kappa shape index (κ2) is 10.9. The van der Waals surface area contributed by atoms with E-state index in [2.05, 4.69) is 10.6 Å². The highest BCUT2D eigenvalue weighted by Crippen LogP contribution is 2.44. The summed E-state index contributed by atoms with van der Waals surface area (Å²) in [6.45, 7) is 1.82. The molecule has 0 fully saturated rings. The molecule has 3 N–H and O–H groups in total. The summed E-state index contributed by atoms with van der Waals surface area (Å²) in [4.78, 5) is 36.1. The van der Waals surface area contributed by atoms with Gasteiger partial charge in [0.15, 0.2) is 0 Å². The predicted molar refractivity (Wildman–Crippen MR) is 117 cm³/mol. The van der Waals surface area contributed by atoms with E-state index in [0.29, 0.717) is 6.42 Å². The van der Waals surface area contributed by atoms with Crippen molar-refractivity contribution in [2.24, 2.45) is 0 Å². The first-order valence-corrected chi connectivity index (χ1v) is 10.7. The van der Waals surface area contributed by atoms with Crippen LogP contribution >= 0.6 is 0 Å². The number of hydrogen-bond acceptors (Lipinski definition) is 4. The Balaban J connectivity index is 1.64. The van der Waals surface area contributed by atoms with Crippen LogP contribution in [0.1, 0.15) is 43.2 Å². The van der Waals surface area contributed by atoms with E-state index in [4.69, 9.17) is 9.84 Å². The van der Waals surface area contributed by atoms with E-state index in [1.54, 1.807) is 6.92 Å². The molecule has 0 bridgehead atoms. The van der Waals surface area contributed by atoms with Gasteiger partial charge in [-0.1, -0.05) is 61.9 Å². The molecule has 2 aromatic carbocycles. The van der Waals surface area contributed by atoms with Gasteiger partial charge in [-0.2, -0.15) is 0 Å². The molecule has 33 heavy (non-hydrogen) atoms. The molecular formula is C24H26F2N2O5. The molecule has 9 heteroatoms. The summed E-state index contributed by atoms with van der Waals surface area (Å²) >= 11 is 0. The topological polar surface area (TPSA) is 105 Å². The second-order valence-electron chi connectivity index (χ2n) is 7.84. The fraction of sp³-hybridized carbons (Fsp3) is 0.375. The molecule has 1 aliphatic rings. The molecule has 2 amide bonds. The molecule has 2 unspecified atom stereocenters. The average Bonchev–Trinajstić information content (AvgIpc) is 3.10. The summed E-state index contributed by atoms with van der Waals surface area (Å²) in [5.41, 5.74) is 4.21. The second-order valence-corrected chi connectivity index (χ2v) is 7.84. The molecule has 0 saturated heterocycles. The maximum atomic E-state index is 12.6. The van der Waals surface area contributed by atoms with Crippen molar-refractivity contribution in [2.45, 2.75) is 50.6 Å². The monoisotopic (exact) mass is 460 g/mol. The zero-order valence-corrected chi connectivity index (χ0v) is 18.1. The van der Waals surface area contributed by atoms with E-state index in [0.717, 1.165) is 22.3 Å². The van der Waals surface area contributed by atoms with E-state index in [9.17, 15) is 23.2 Å². The van der Waals surface area contributed by atoms with Crippen LogP contribution in [-0.4, -0.2) is 48.2 Å². The molecule has 0 aliphatic heterocycles. The van der Waals surface area contributed by atoms with Gasteiger partial charge in [0, 0.05) is 12.3 Å². The number of carboxylic acid groups (broad SMARTS) is 1. The number of nitrogens with one attached hydrogen (secondary N) is 2. The summed E-state index contributed by atoms with van der Waals surface area (Å²) in [7, 11) is 0. The van der Waals surface area contributed by atoms with Gasteiger partial charge in [-0.25, -0.2) is 18.4 Å². The van der Waals surface area contributed by atoms with Crippen molar-refractivity contribution in [1.29, 1.82) is 0 Å². The molecule has 3 rings (SSSR count). The number of hydrogen-bond donors (Lipinski definition) is 3. The van der Waals surface area contributed by atoms with Gasteiger partial charge in [-0.15, -0.1) is 0 Å². The van der Waals surface area contributed by atoms with Crippen molar-refractivity contribution in [3.63, 3.8) is 0 Å². The third-order valence-electron chi connectivity index (χ3n) is 5.56. The van der Waals surface area contributed by atoms with Crippen LogP contribution < -0.4 is 10.6 Å². The summed E-state index contributed by atoms with van der Waals surface area (Å²) in [5, 5.41) is 13.6. The molecule has 2 atom stereocenters. The fourth-order valence-electron chi connectivity index (χ4n) is 4.01. The van der Waals surface area contributed by atoms with Crippen molar-refractivity contribution in [3.8, 4) is 11.1 Å². The van der Waals surface area contributed by atoms with E-state index in [1.165, 1.54) is 0 Å². The Morgan fingerprint density at radius 1 is 0.970 bits per heavy atom. The van der Waals surface area contributed by atoms with Crippen LogP contribution in [0.3, 0.4) is 0 Å². The fourth-order valence-corrected chi connectivity index (χ4v) is 4.01.